The highest BCUT2D eigenvalue weighted by atomic mass is 32.2. The van der Waals surface area contributed by atoms with Crippen LogP contribution in [0.1, 0.15) is 0 Å². The molecule has 6 nitrogen and oxygen atoms in total. The van der Waals surface area contributed by atoms with Gasteiger partial charge >= 0.3 is 0 Å². The van der Waals surface area contributed by atoms with Crippen LogP contribution in [0.4, 0.5) is 5.69 Å². The minimum absolute atomic E-state index is 0.190. The molecular formula is C11H14N4O2S. The van der Waals surface area contributed by atoms with E-state index in [-0.39, 0.29) is 6.61 Å². The SMILES string of the molecule is Nc1ccccc1OCC(O)CSc1ncn[nH]1. The number of aliphatic hydroxyl groups is 1. The quantitative estimate of drug-likeness (QED) is 0.531. The van der Waals surface area contributed by atoms with Gasteiger partial charge < -0.3 is 15.6 Å². The van der Waals surface area contributed by atoms with Crippen LogP contribution in [-0.4, -0.2) is 38.8 Å². The molecule has 1 aromatic heterocycles. The van der Waals surface area contributed by atoms with Crippen LogP contribution in [0.15, 0.2) is 35.7 Å². The molecule has 96 valence electrons. The zero-order chi connectivity index (χ0) is 12.8. The highest BCUT2D eigenvalue weighted by Crippen LogP contribution is 2.20. The van der Waals surface area contributed by atoms with Crippen molar-refractivity contribution in [3.05, 3.63) is 30.6 Å². The summed E-state index contributed by atoms with van der Waals surface area (Å²) >= 11 is 1.38. The Kier molecular flexibility index (Phi) is 4.43. The molecule has 0 spiro atoms. The van der Waals surface area contributed by atoms with Gasteiger partial charge in [-0.15, -0.1) is 0 Å². The molecule has 0 saturated heterocycles. The molecule has 1 aromatic carbocycles. The molecule has 0 saturated carbocycles. The number of nitrogen functional groups attached to an aromatic ring is 1. The van der Waals surface area contributed by atoms with E-state index in [1.165, 1.54) is 18.1 Å². The number of aromatic nitrogens is 3. The van der Waals surface area contributed by atoms with Crippen molar-refractivity contribution in [1.82, 2.24) is 15.2 Å². The number of H-pyrrole nitrogens is 1. The summed E-state index contributed by atoms with van der Waals surface area (Å²) in [5, 5.41) is 16.9. The molecule has 0 fully saturated rings. The molecule has 4 N–H and O–H groups in total. The summed E-state index contributed by atoms with van der Waals surface area (Å²) in [6, 6.07) is 7.19. The van der Waals surface area contributed by atoms with Gasteiger partial charge in [0.1, 0.15) is 18.7 Å². The van der Waals surface area contributed by atoms with Crippen LogP contribution < -0.4 is 10.5 Å². The van der Waals surface area contributed by atoms with Gasteiger partial charge in [0.05, 0.1) is 11.8 Å². The summed E-state index contributed by atoms with van der Waals surface area (Å²) in [5.41, 5.74) is 6.29. The summed E-state index contributed by atoms with van der Waals surface area (Å²) in [5.74, 6) is 1.06. The fourth-order valence-electron chi connectivity index (χ4n) is 1.28. The first kappa shape index (κ1) is 12.7. The van der Waals surface area contributed by atoms with Gasteiger partial charge in [-0.25, -0.2) is 4.98 Å². The van der Waals surface area contributed by atoms with E-state index in [9.17, 15) is 5.11 Å². The summed E-state index contributed by atoms with van der Waals surface area (Å²) in [6.07, 6.45) is 0.829. The van der Waals surface area contributed by atoms with Gasteiger partial charge in [-0.1, -0.05) is 23.9 Å². The zero-order valence-corrected chi connectivity index (χ0v) is 10.4. The summed E-state index contributed by atoms with van der Waals surface area (Å²) in [4.78, 5) is 3.94. The number of para-hydroxylation sites is 2. The highest BCUT2D eigenvalue weighted by Gasteiger charge is 2.08. The second kappa shape index (κ2) is 6.27. The normalized spacial score (nSPS) is 12.3. The van der Waals surface area contributed by atoms with Gasteiger partial charge in [0.15, 0.2) is 5.16 Å². The summed E-state index contributed by atoms with van der Waals surface area (Å²) in [7, 11) is 0. The average Bonchev–Trinajstić information content (AvgIpc) is 2.88. The van der Waals surface area contributed by atoms with Crippen LogP contribution >= 0.6 is 11.8 Å². The maximum atomic E-state index is 9.75. The second-order valence-electron chi connectivity index (χ2n) is 3.60. The Labute approximate surface area is 109 Å². The lowest BCUT2D eigenvalue weighted by Crippen LogP contribution is -2.20. The number of ether oxygens (including phenoxy) is 1. The smallest absolute Gasteiger partial charge is 0.183 e. The number of nitrogens with two attached hydrogens (primary N) is 1. The third-order valence-electron chi connectivity index (χ3n) is 2.16. The van der Waals surface area contributed by atoms with Crippen LogP contribution in [0, 0.1) is 0 Å². The Morgan fingerprint density at radius 3 is 3.00 bits per heavy atom. The van der Waals surface area contributed by atoms with Crippen molar-refractivity contribution in [2.75, 3.05) is 18.1 Å². The maximum absolute atomic E-state index is 9.75. The van der Waals surface area contributed by atoms with Gasteiger partial charge in [0.2, 0.25) is 0 Å². The molecule has 0 aliphatic carbocycles. The number of aliphatic hydroxyl groups excluding tert-OH is 1. The molecular weight excluding hydrogens is 252 g/mol. The van der Waals surface area contributed by atoms with E-state index in [0.29, 0.717) is 22.3 Å². The Morgan fingerprint density at radius 2 is 2.28 bits per heavy atom. The highest BCUT2D eigenvalue weighted by molar-refractivity contribution is 7.99. The van der Waals surface area contributed by atoms with Crippen molar-refractivity contribution in [1.29, 1.82) is 0 Å². The number of rotatable bonds is 6. The zero-order valence-electron chi connectivity index (χ0n) is 9.61. The topological polar surface area (TPSA) is 97.1 Å². The molecule has 0 bridgehead atoms. The maximum Gasteiger partial charge on any atom is 0.183 e. The van der Waals surface area contributed by atoms with Crippen molar-refractivity contribution in [3.8, 4) is 5.75 Å². The molecule has 0 aliphatic heterocycles. The minimum atomic E-state index is -0.597. The molecule has 1 atom stereocenters. The van der Waals surface area contributed by atoms with Crippen molar-refractivity contribution >= 4 is 17.4 Å². The third kappa shape index (κ3) is 3.64. The first-order chi connectivity index (χ1) is 8.75. The monoisotopic (exact) mass is 266 g/mol. The summed E-state index contributed by atoms with van der Waals surface area (Å²) < 4.78 is 5.43. The number of thioether (sulfide) groups is 1. The Morgan fingerprint density at radius 1 is 1.44 bits per heavy atom. The Balaban J connectivity index is 1.75. The number of aromatic amines is 1. The van der Waals surface area contributed by atoms with Crippen LogP contribution in [0.25, 0.3) is 0 Å². The lowest BCUT2D eigenvalue weighted by Gasteiger charge is -2.12. The molecule has 1 unspecified atom stereocenters. The van der Waals surface area contributed by atoms with E-state index in [1.807, 2.05) is 12.1 Å². The first-order valence-electron chi connectivity index (χ1n) is 5.39. The van der Waals surface area contributed by atoms with E-state index in [0.717, 1.165) is 0 Å². The first-order valence-corrected chi connectivity index (χ1v) is 6.38. The number of hydrogen-bond donors (Lipinski definition) is 3. The number of anilines is 1. The van der Waals surface area contributed by atoms with E-state index >= 15 is 0 Å². The Bertz CT molecular complexity index is 478. The van der Waals surface area contributed by atoms with Crippen molar-refractivity contribution in [3.63, 3.8) is 0 Å². The molecule has 0 radical (unpaired) electrons. The van der Waals surface area contributed by atoms with Crippen molar-refractivity contribution in [2.45, 2.75) is 11.3 Å². The Hall–Kier alpha value is -1.73. The molecule has 18 heavy (non-hydrogen) atoms. The second-order valence-corrected chi connectivity index (χ2v) is 4.61. The minimum Gasteiger partial charge on any atom is -0.489 e. The fourth-order valence-corrected chi connectivity index (χ4v) is 1.97. The molecule has 2 aromatic rings. The van der Waals surface area contributed by atoms with Crippen molar-refractivity contribution < 1.29 is 9.84 Å². The largest absolute Gasteiger partial charge is 0.489 e. The number of hydrogen-bond acceptors (Lipinski definition) is 6. The fraction of sp³-hybridized carbons (Fsp3) is 0.273. The van der Waals surface area contributed by atoms with E-state index in [2.05, 4.69) is 15.2 Å². The van der Waals surface area contributed by atoms with Crippen LogP contribution in [0.5, 0.6) is 5.75 Å². The standard InChI is InChI=1S/C11H14N4O2S/c12-9-3-1-2-4-10(9)17-5-8(16)6-18-11-13-7-14-15-11/h1-4,7-8,16H,5-6,12H2,(H,13,14,15). The van der Waals surface area contributed by atoms with Gasteiger partial charge in [-0.2, -0.15) is 5.10 Å². The number of benzene rings is 1. The molecule has 1 heterocycles. The van der Waals surface area contributed by atoms with E-state index in [1.54, 1.807) is 12.1 Å². The third-order valence-corrected chi connectivity index (χ3v) is 3.18. The predicted octanol–water partition coefficient (Wildman–Crippen LogP) is 0.919. The molecule has 0 aliphatic rings. The average molecular weight is 266 g/mol. The van der Waals surface area contributed by atoms with Gasteiger partial charge in [-0.05, 0) is 12.1 Å². The molecule has 7 heteroatoms. The lowest BCUT2D eigenvalue weighted by molar-refractivity contribution is 0.127. The van der Waals surface area contributed by atoms with Crippen LogP contribution in [0.2, 0.25) is 0 Å². The van der Waals surface area contributed by atoms with E-state index < -0.39 is 6.10 Å². The van der Waals surface area contributed by atoms with E-state index in [4.69, 9.17) is 10.5 Å². The predicted molar refractivity (Wildman–Crippen MR) is 69.5 cm³/mol. The van der Waals surface area contributed by atoms with Crippen molar-refractivity contribution in [2.24, 2.45) is 0 Å². The molecule has 2 rings (SSSR count). The lowest BCUT2D eigenvalue weighted by atomic mass is 10.3. The van der Waals surface area contributed by atoms with Gasteiger partial charge in [0.25, 0.3) is 0 Å². The van der Waals surface area contributed by atoms with Gasteiger partial charge in [0, 0.05) is 5.75 Å². The molecule has 0 amide bonds. The number of nitrogens with zero attached hydrogens (tertiary/aromatic N) is 2. The van der Waals surface area contributed by atoms with Crippen LogP contribution in [-0.2, 0) is 0 Å². The summed E-state index contributed by atoms with van der Waals surface area (Å²) in [6.45, 7) is 0.190. The van der Waals surface area contributed by atoms with Crippen LogP contribution in [0.3, 0.4) is 0 Å². The van der Waals surface area contributed by atoms with Gasteiger partial charge in [-0.3, -0.25) is 5.10 Å². The number of nitrogens with one attached hydrogen (secondary N) is 1.